The number of hydrogen-bond donors (Lipinski definition) is 2. The molecule has 0 aliphatic carbocycles. The molecular weight excluding hydrogens is 270 g/mol. The Kier molecular flexibility index (Phi) is 5.13. The van der Waals surface area contributed by atoms with Crippen molar-refractivity contribution in [1.82, 2.24) is 19.9 Å². The first-order valence-corrected chi connectivity index (χ1v) is 7.27. The van der Waals surface area contributed by atoms with E-state index >= 15 is 0 Å². The molecule has 21 heavy (non-hydrogen) atoms. The van der Waals surface area contributed by atoms with E-state index in [1.54, 1.807) is 0 Å². The predicted octanol–water partition coefficient (Wildman–Crippen LogP) is 0.332. The van der Waals surface area contributed by atoms with Crippen molar-refractivity contribution in [3.8, 4) is 6.01 Å². The first-order chi connectivity index (χ1) is 9.97. The second kappa shape index (κ2) is 6.86. The molecule has 2 rings (SSSR count). The normalized spacial score (nSPS) is 19.0. The molecule has 1 saturated heterocycles. The Morgan fingerprint density at radius 3 is 2.76 bits per heavy atom. The Bertz CT molecular complexity index is 468. The maximum atomic E-state index is 5.54. The fourth-order valence-electron chi connectivity index (χ4n) is 2.49. The molecule has 8 nitrogen and oxygen atoms in total. The Balaban J connectivity index is 2.09. The Morgan fingerprint density at radius 2 is 2.19 bits per heavy atom. The first-order valence-electron chi connectivity index (χ1n) is 7.27. The molecule has 0 aromatic carbocycles. The average molecular weight is 295 g/mol. The highest BCUT2D eigenvalue weighted by atomic mass is 16.5. The monoisotopic (exact) mass is 295 g/mol. The van der Waals surface area contributed by atoms with E-state index in [1.165, 1.54) is 6.42 Å². The summed E-state index contributed by atoms with van der Waals surface area (Å²) in [5.74, 6) is 6.93. The molecule has 0 amide bonds. The summed E-state index contributed by atoms with van der Waals surface area (Å²) in [6.45, 7) is 7.01. The summed E-state index contributed by atoms with van der Waals surface area (Å²) in [4.78, 5) is 17.1. The highest BCUT2D eigenvalue weighted by Crippen LogP contribution is 2.19. The van der Waals surface area contributed by atoms with Crippen LogP contribution in [-0.4, -0.2) is 59.7 Å². The number of ether oxygens (including phenoxy) is 1. The minimum absolute atomic E-state index is 0.000313. The van der Waals surface area contributed by atoms with E-state index in [0.29, 0.717) is 23.8 Å². The van der Waals surface area contributed by atoms with Gasteiger partial charge in [0.25, 0.3) is 0 Å². The minimum Gasteiger partial charge on any atom is -0.461 e. The van der Waals surface area contributed by atoms with Gasteiger partial charge in [0.1, 0.15) is 0 Å². The number of likely N-dealkylation sites (tertiary alicyclic amines) is 1. The Labute approximate surface area is 125 Å². The van der Waals surface area contributed by atoms with E-state index in [4.69, 9.17) is 10.6 Å². The zero-order valence-electron chi connectivity index (χ0n) is 13.2. The highest BCUT2D eigenvalue weighted by Gasteiger charge is 2.22. The van der Waals surface area contributed by atoms with Gasteiger partial charge in [-0.1, -0.05) is 0 Å². The van der Waals surface area contributed by atoms with Gasteiger partial charge in [0.2, 0.25) is 11.9 Å². The van der Waals surface area contributed by atoms with E-state index in [9.17, 15) is 0 Å². The number of aromatic nitrogens is 3. The van der Waals surface area contributed by atoms with E-state index in [1.807, 2.05) is 25.8 Å². The standard InChI is InChI=1S/C13H25N7O/c1-9(2)21-13-16-11(18-14)15-12(17-13)20(4)8-10-5-6-19(3)7-10/h9-10H,5-8,14H2,1-4H3,(H,15,16,17,18). The molecule has 2 heterocycles. The lowest BCUT2D eigenvalue weighted by atomic mass is 10.1. The fourth-order valence-corrected chi connectivity index (χ4v) is 2.49. The third-order valence-electron chi connectivity index (χ3n) is 3.44. The number of nitrogens with one attached hydrogen (secondary N) is 1. The van der Waals surface area contributed by atoms with E-state index in [0.717, 1.165) is 19.6 Å². The quantitative estimate of drug-likeness (QED) is 0.573. The number of rotatable bonds is 6. The molecule has 0 radical (unpaired) electrons. The molecule has 1 fully saturated rings. The van der Waals surface area contributed by atoms with E-state index < -0.39 is 0 Å². The predicted molar refractivity (Wildman–Crippen MR) is 82.3 cm³/mol. The van der Waals surface area contributed by atoms with Gasteiger partial charge >= 0.3 is 6.01 Å². The highest BCUT2D eigenvalue weighted by molar-refractivity contribution is 5.37. The maximum Gasteiger partial charge on any atom is 0.323 e. The molecule has 1 aliphatic heterocycles. The minimum atomic E-state index is -0.000313. The third-order valence-corrected chi connectivity index (χ3v) is 3.44. The molecule has 0 saturated carbocycles. The molecule has 1 atom stereocenters. The fraction of sp³-hybridized carbons (Fsp3) is 0.769. The summed E-state index contributed by atoms with van der Waals surface area (Å²) in [7, 11) is 4.13. The van der Waals surface area contributed by atoms with Crippen LogP contribution in [0.3, 0.4) is 0 Å². The smallest absolute Gasteiger partial charge is 0.323 e. The van der Waals surface area contributed by atoms with Crippen molar-refractivity contribution in [3.05, 3.63) is 0 Å². The Morgan fingerprint density at radius 1 is 1.43 bits per heavy atom. The van der Waals surface area contributed by atoms with Crippen molar-refractivity contribution in [2.75, 3.05) is 44.1 Å². The largest absolute Gasteiger partial charge is 0.461 e. The summed E-state index contributed by atoms with van der Waals surface area (Å²) in [6, 6.07) is 0.290. The van der Waals surface area contributed by atoms with Gasteiger partial charge in [-0.3, -0.25) is 5.43 Å². The number of nitrogens with zero attached hydrogens (tertiary/aromatic N) is 5. The van der Waals surface area contributed by atoms with Crippen LogP contribution in [0.2, 0.25) is 0 Å². The van der Waals surface area contributed by atoms with Crippen molar-refractivity contribution >= 4 is 11.9 Å². The SMILES string of the molecule is CC(C)Oc1nc(NN)nc(N(C)CC2CCN(C)C2)n1. The van der Waals surface area contributed by atoms with Crippen LogP contribution in [0.1, 0.15) is 20.3 Å². The van der Waals surface area contributed by atoms with Crippen molar-refractivity contribution < 1.29 is 4.74 Å². The van der Waals surface area contributed by atoms with Crippen LogP contribution in [0.25, 0.3) is 0 Å². The van der Waals surface area contributed by atoms with Crippen LogP contribution in [-0.2, 0) is 0 Å². The molecule has 3 N–H and O–H groups in total. The van der Waals surface area contributed by atoms with Crippen LogP contribution in [0.15, 0.2) is 0 Å². The van der Waals surface area contributed by atoms with Crippen LogP contribution in [0, 0.1) is 5.92 Å². The van der Waals surface area contributed by atoms with E-state index in [-0.39, 0.29) is 6.10 Å². The van der Waals surface area contributed by atoms with Crippen LogP contribution in [0.4, 0.5) is 11.9 Å². The molecule has 1 aromatic rings. The number of hydrogen-bond acceptors (Lipinski definition) is 8. The molecular formula is C13H25N7O. The lowest BCUT2D eigenvalue weighted by molar-refractivity contribution is 0.222. The molecule has 0 spiro atoms. The molecule has 1 aromatic heterocycles. The third kappa shape index (κ3) is 4.40. The first kappa shape index (κ1) is 15.7. The van der Waals surface area contributed by atoms with Gasteiger partial charge in [-0.05, 0) is 39.8 Å². The van der Waals surface area contributed by atoms with Gasteiger partial charge in [0.15, 0.2) is 0 Å². The topological polar surface area (TPSA) is 92.4 Å². The van der Waals surface area contributed by atoms with E-state index in [2.05, 4.69) is 32.3 Å². The zero-order valence-corrected chi connectivity index (χ0v) is 13.2. The second-order valence-electron chi connectivity index (χ2n) is 5.85. The van der Waals surface area contributed by atoms with Gasteiger partial charge in [0, 0.05) is 20.1 Å². The van der Waals surface area contributed by atoms with Crippen molar-refractivity contribution in [1.29, 1.82) is 0 Å². The number of nitrogens with two attached hydrogens (primary N) is 1. The van der Waals surface area contributed by atoms with Gasteiger partial charge in [-0.25, -0.2) is 5.84 Å². The van der Waals surface area contributed by atoms with Gasteiger partial charge < -0.3 is 14.5 Å². The maximum absolute atomic E-state index is 5.54. The molecule has 118 valence electrons. The van der Waals surface area contributed by atoms with Crippen LogP contribution < -0.4 is 20.9 Å². The number of hydrazine groups is 1. The van der Waals surface area contributed by atoms with Gasteiger partial charge in [0.05, 0.1) is 6.10 Å². The van der Waals surface area contributed by atoms with Gasteiger partial charge in [-0.15, -0.1) is 0 Å². The lowest BCUT2D eigenvalue weighted by Crippen LogP contribution is -2.29. The number of anilines is 2. The van der Waals surface area contributed by atoms with Crippen molar-refractivity contribution in [2.24, 2.45) is 11.8 Å². The second-order valence-corrected chi connectivity index (χ2v) is 5.85. The Hall–Kier alpha value is -1.67. The molecule has 1 aliphatic rings. The van der Waals surface area contributed by atoms with Crippen LogP contribution >= 0.6 is 0 Å². The summed E-state index contributed by atoms with van der Waals surface area (Å²) in [6.07, 6.45) is 1.20. The molecule has 0 bridgehead atoms. The number of nitrogen functional groups attached to an aromatic ring is 1. The summed E-state index contributed by atoms with van der Waals surface area (Å²) < 4.78 is 5.54. The van der Waals surface area contributed by atoms with Crippen LogP contribution in [0.5, 0.6) is 6.01 Å². The van der Waals surface area contributed by atoms with Crippen molar-refractivity contribution in [3.63, 3.8) is 0 Å². The summed E-state index contributed by atoms with van der Waals surface area (Å²) in [5, 5.41) is 0. The lowest BCUT2D eigenvalue weighted by Gasteiger charge is -2.22. The van der Waals surface area contributed by atoms with Crippen molar-refractivity contribution in [2.45, 2.75) is 26.4 Å². The zero-order chi connectivity index (χ0) is 15.4. The van der Waals surface area contributed by atoms with Gasteiger partial charge in [-0.2, -0.15) is 15.0 Å². The molecule has 1 unspecified atom stereocenters. The summed E-state index contributed by atoms with van der Waals surface area (Å²) in [5.41, 5.74) is 2.46. The summed E-state index contributed by atoms with van der Waals surface area (Å²) >= 11 is 0. The molecule has 8 heteroatoms. The average Bonchev–Trinajstić information content (AvgIpc) is 2.82.